The SMILES string of the molecule is C[C@@H](NC(=O)C1CCN(S(=O)(=O)Cc2cccc(Cl)c2)CC1)c1ccc(F)cc1. The molecule has 0 saturated carbocycles. The second kappa shape index (κ2) is 9.24. The number of hydrogen-bond donors (Lipinski definition) is 1. The molecule has 5 nitrogen and oxygen atoms in total. The molecular formula is C21H24ClFN2O3S. The van der Waals surface area contributed by atoms with Gasteiger partial charge in [-0.05, 0) is 55.2 Å². The van der Waals surface area contributed by atoms with Gasteiger partial charge in [-0.3, -0.25) is 4.79 Å². The normalized spacial score (nSPS) is 17.1. The molecular weight excluding hydrogens is 415 g/mol. The van der Waals surface area contributed by atoms with E-state index >= 15 is 0 Å². The van der Waals surface area contributed by atoms with Crippen molar-refractivity contribution in [3.8, 4) is 0 Å². The summed E-state index contributed by atoms with van der Waals surface area (Å²) in [5, 5.41) is 3.44. The number of amides is 1. The van der Waals surface area contributed by atoms with Crippen molar-refractivity contribution in [3.63, 3.8) is 0 Å². The molecule has 2 aromatic carbocycles. The van der Waals surface area contributed by atoms with Crippen molar-refractivity contribution in [2.75, 3.05) is 13.1 Å². The number of nitrogens with zero attached hydrogens (tertiary/aromatic N) is 1. The number of hydrogen-bond acceptors (Lipinski definition) is 3. The first kappa shape index (κ1) is 21.7. The molecule has 0 spiro atoms. The number of carbonyl (C=O) groups excluding carboxylic acids is 1. The summed E-state index contributed by atoms with van der Waals surface area (Å²) in [6, 6.07) is 12.6. The monoisotopic (exact) mass is 438 g/mol. The average molecular weight is 439 g/mol. The Balaban J connectivity index is 1.54. The molecule has 0 radical (unpaired) electrons. The van der Waals surface area contributed by atoms with Crippen LogP contribution in [0.25, 0.3) is 0 Å². The smallest absolute Gasteiger partial charge is 0.223 e. The second-order valence-corrected chi connectivity index (χ2v) is 9.75. The van der Waals surface area contributed by atoms with Gasteiger partial charge in [0.25, 0.3) is 0 Å². The van der Waals surface area contributed by atoms with Crippen molar-refractivity contribution in [1.29, 1.82) is 0 Å². The van der Waals surface area contributed by atoms with Crippen LogP contribution < -0.4 is 5.32 Å². The Labute approximate surface area is 175 Å². The fraction of sp³-hybridized carbons (Fsp3) is 0.381. The fourth-order valence-electron chi connectivity index (χ4n) is 3.49. The highest BCUT2D eigenvalue weighted by Gasteiger charge is 2.31. The Morgan fingerprint density at radius 2 is 1.86 bits per heavy atom. The number of halogens is 2. The first-order valence-corrected chi connectivity index (χ1v) is 11.5. The van der Waals surface area contributed by atoms with Gasteiger partial charge in [0.2, 0.25) is 15.9 Å². The number of benzene rings is 2. The van der Waals surface area contributed by atoms with Crippen LogP contribution in [0.5, 0.6) is 0 Å². The van der Waals surface area contributed by atoms with Crippen molar-refractivity contribution in [3.05, 3.63) is 70.5 Å². The van der Waals surface area contributed by atoms with Gasteiger partial charge in [-0.2, -0.15) is 0 Å². The van der Waals surface area contributed by atoms with Crippen LogP contribution >= 0.6 is 11.6 Å². The number of rotatable bonds is 6. The minimum absolute atomic E-state index is 0.103. The highest BCUT2D eigenvalue weighted by molar-refractivity contribution is 7.88. The lowest BCUT2D eigenvalue weighted by atomic mass is 9.96. The molecule has 0 aliphatic carbocycles. The minimum Gasteiger partial charge on any atom is -0.349 e. The molecule has 156 valence electrons. The van der Waals surface area contributed by atoms with Gasteiger partial charge in [0.05, 0.1) is 11.8 Å². The Kier molecular flexibility index (Phi) is 6.93. The van der Waals surface area contributed by atoms with Crippen molar-refractivity contribution in [2.45, 2.75) is 31.6 Å². The Bertz CT molecular complexity index is 958. The summed E-state index contributed by atoms with van der Waals surface area (Å²) < 4.78 is 39.9. The lowest BCUT2D eigenvalue weighted by molar-refractivity contribution is -0.126. The van der Waals surface area contributed by atoms with E-state index in [0.717, 1.165) is 5.56 Å². The highest BCUT2D eigenvalue weighted by Crippen LogP contribution is 2.24. The van der Waals surface area contributed by atoms with Gasteiger partial charge in [-0.1, -0.05) is 35.9 Å². The molecule has 2 aromatic rings. The number of carbonyl (C=O) groups is 1. The molecule has 1 fully saturated rings. The summed E-state index contributed by atoms with van der Waals surface area (Å²) in [5.74, 6) is -0.769. The zero-order chi connectivity index (χ0) is 21.0. The number of piperidine rings is 1. The molecule has 1 heterocycles. The molecule has 8 heteroatoms. The zero-order valence-corrected chi connectivity index (χ0v) is 17.7. The largest absolute Gasteiger partial charge is 0.349 e. The molecule has 1 atom stereocenters. The molecule has 1 amide bonds. The molecule has 0 aromatic heterocycles. The van der Waals surface area contributed by atoms with E-state index in [1.807, 2.05) is 6.92 Å². The predicted molar refractivity (Wildman–Crippen MR) is 111 cm³/mol. The molecule has 0 bridgehead atoms. The van der Waals surface area contributed by atoms with Gasteiger partial charge < -0.3 is 5.32 Å². The van der Waals surface area contributed by atoms with E-state index in [1.165, 1.54) is 16.4 Å². The maximum absolute atomic E-state index is 13.0. The van der Waals surface area contributed by atoms with E-state index < -0.39 is 10.0 Å². The van der Waals surface area contributed by atoms with Crippen LogP contribution in [0.15, 0.2) is 48.5 Å². The van der Waals surface area contributed by atoms with Gasteiger partial charge in [0.15, 0.2) is 0 Å². The summed E-state index contributed by atoms with van der Waals surface area (Å²) in [4.78, 5) is 12.6. The standard InChI is InChI=1S/C21H24ClFN2O3S/c1-15(17-5-7-20(23)8-6-17)24-21(26)18-9-11-25(12-10-18)29(27,28)14-16-3-2-4-19(22)13-16/h2-8,13,15,18H,9-12,14H2,1H3,(H,24,26)/t15-/m1/s1. The van der Waals surface area contributed by atoms with Crippen LogP contribution in [0.1, 0.15) is 36.9 Å². The number of nitrogens with one attached hydrogen (secondary N) is 1. The quantitative estimate of drug-likeness (QED) is 0.743. The Hall–Kier alpha value is -1.96. The van der Waals surface area contributed by atoms with Crippen LogP contribution in [0.4, 0.5) is 4.39 Å². The molecule has 1 aliphatic heterocycles. The molecule has 29 heavy (non-hydrogen) atoms. The summed E-state index contributed by atoms with van der Waals surface area (Å²) in [6.07, 6.45) is 0.938. The summed E-state index contributed by atoms with van der Waals surface area (Å²) in [6.45, 7) is 2.47. The third-order valence-corrected chi connectivity index (χ3v) is 7.27. The second-order valence-electron chi connectivity index (χ2n) is 7.34. The Morgan fingerprint density at radius 1 is 1.21 bits per heavy atom. The number of sulfonamides is 1. The first-order valence-electron chi connectivity index (χ1n) is 9.53. The van der Waals surface area contributed by atoms with Crippen LogP contribution in [0.2, 0.25) is 5.02 Å². The van der Waals surface area contributed by atoms with Crippen LogP contribution in [-0.2, 0) is 20.6 Å². The lowest BCUT2D eigenvalue weighted by Crippen LogP contribution is -2.43. The maximum Gasteiger partial charge on any atom is 0.223 e. The van der Waals surface area contributed by atoms with Crippen LogP contribution in [-0.4, -0.2) is 31.7 Å². The third-order valence-electron chi connectivity index (χ3n) is 5.18. The van der Waals surface area contributed by atoms with E-state index in [0.29, 0.717) is 36.5 Å². The van der Waals surface area contributed by atoms with Crippen molar-refractivity contribution < 1.29 is 17.6 Å². The van der Waals surface area contributed by atoms with Gasteiger partial charge in [0, 0.05) is 24.0 Å². The van der Waals surface area contributed by atoms with E-state index in [9.17, 15) is 17.6 Å². The molecule has 0 unspecified atom stereocenters. The van der Waals surface area contributed by atoms with Crippen molar-refractivity contribution >= 4 is 27.5 Å². The summed E-state index contributed by atoms with van der Waals surface area (Å²) in [5.41, 5.74) is 1.46. The first-order chi connectivity index (χ1) is 13.7. The minimum atomic E-state index is -3.46. The van der Waals surface area contributed by atoms with E-state index in [2.05, 4.69) is 5.32 Å². The van der Waals surface area contributed by atoms with Gasteiger partial charge in [0.1, 0.15) is 5.82 Å². The topological polar surface area (TPSA) is 66.5 Å². The highest BCUT2D eigenvalue weighted by atomic mass is 35.5. The lowest BCUT2D eigenvalue weighted by Gasteiger charge is -2.31. The summed E-state index contributed by atoms with van der Waals surface area (Å²) in [7, 11) is -3.46. The average Bonchev–Trinajstić information content (AvgIpc) is 2.68. The molecule has 1 saturated heterocycles. The van der Waals surface area contributed by atoms with Gasteiger partial charge in [-0.15, -0.1) is 0 Å². The van der Waals surface area contributed by atoms with Gasteiger partial charge >= 0.3 is 0 Å². The third kappa shape index (κ3) is 5.78. The fourth-order valence-corrected chi connectivity index (χ4v) is 5.25. The summed E-state index contributed by atoms with van der Waals surface area (Å²) >= 11 is 5.94. The van der Waals surface area contributed by atoms with Crippen molar-refractivity contribution in [1.82, 2.24) is 9.62 Å². The van der Waals surface area contributed by atoms with E-state index in [-0.39, 0.29) is 29.4 Å². The molecule has 1 N–H and O–H groups in total. The van der Waals surface area contributed by atoms with E-state index in [4.69, 9.17) is 11.6 Å². The zero-order valence-electron chi connectivity index (χ0n) is 16.1. The predicted octanol–water partition coefficient (Wildman–Crippen LogP) is 3.90. The molecule has 3 rings (SSSR count). The van der Waals surface area contributed by atoms with Crippen molar-refractivity contribution in [2.24, 2.45) is 5.92 Å². The van der Waals surface area contributed by atoms with Gasteiger partial charge in [-0.25, -0.2) is 17.1 Å². The Morgan fingerprint density at radius 3 is 2.48 bits per heavy atom. The molecule has 1 aliphatic rings. The van der Waals surface area contributed by atoms with Crippen LogP contribution in [0, 0.1) is 11.7 Å². The van der Waals surface area contributed by atoms with E-state index in [1.54, 1.807) is 36.4 Å². The maximum atomic E-state index is 13.0. The van der Waals surface area contributed by atoms with Crippen LogP contribution in [0.3, 0.4) is 0 Å².